The normalized spacial score (nSPS) is 12.3. The van der Waals surface area contributed by atoms with Crippen LogP contribution < -0.4 is 10.6 Å². The van der Waals surface area contributed by atoms with Crippen LogP contribution in [0.4, 0.5) is 0 Å². The van der Waals surface area contributed by atoms with Gasteiger partial charge in [0, 0.05) is 20.1 Å². The fourth-order valence-electron chi connectivity index (χ4n) is 2.68. The van der Waals surface area contributed by atoms with E-state index in [-0.39, 0.29) is 18.5 Å². The van der Waals surface area contributed by atoms with Crippen molar-refractivity contribution in [2.75, 3.05) is 20.1 Å². The molecule has 0 aliphatic rings. The van der Waals surface area contributed by atoms with E-state index in [1.54, 1.807) is 7.05 Å². The van der Waals surface area contributed by atoms with Gasteiger partial charge in [-0.3, -0.25) is 9.79 Å². The van der Waals surface area contributed by atoms with Crippen molar-refractivity contribution in [3.63, 3.8) is 0 Å². The molecule has 0 saturated carbocycles. The molecule has 138 valence electrons. The van der Waals surface area contributed by atoms with E-state index in [1.807, 2.05) is 60.4 Å². The topological polar surface area (TPSA) is 56.7 Å². The highest BCUT2D eigenvalue weighted by atomic mass is 16.2. The molecule has 0 radical (unpaired) electrons. The van der Waals surface area contributed by atoms with Crippen LogP contribution in [-0.2, 0) is 11.3 Å². The first-order valence-electron chi connectivity index (χ1n) is 8.97. The Balaban J connectivity index is 1.87. The van der Waals surface area contributed by atoms with Crippen molar-refractivity contribution in [2.45, 2.75) is 26.4 Å². The average Bonchev–Trinajstić information content (AvgIpc) is 2.70. The SMILES string of the molecule is CCN(Cc1ccccc1)C(=O)CNC(=NC)NC(C)c1ccccc1. The van der Waals surface area contributed by atoms with Gasteiger partial charge in [-0.05, 0) is 25.0 Å². The molecule has 2 aromatic carbocycles. The number of carbonyl (C=O) groups is 1. The van der Waals surface area contributed by atoms with Gasteiger partial charge in [0.05, 0.1) is 12.6 Å². The molecule has 5 nitrogen and oxygen atoms in total. The van der Waals surface area contributed by atoms with Crippen molar-refractivity contribution in [1.29, 1.82) is 0 Å². The highest BCUT2D eigenvalue weighted by molar-refractivity contribution is 5.86. The molecule has 0 aliphatic heterocycles. The first-order valence-corrected chi connectivity index (χ1v) is 8.97. The Kier molecular flexibility index (Phi) is 7.68. The Morgan fingerprint density at radius 2 is 1.69 bits per heavy atom. The van der Waals surface area contributed by atoms with E-state index in [2.05, 4.69) is 34.7 Å². The van der Waals surface area contributed by atoms with Gasteiger partial charge < -0.3 is 15.5 Å². The monoisotopic (exact) mass is 352 g/mol. The molecule has 0 spiro atoms. The van der Waals surface area contributed by atoms with Gasteiger partial charge in [-0.2, -0.15) is 0 Å². The second-order valence-electron chi connectivity index (χ2n) is 6.10. The minimum Gasteiger partial charge on any atom is -0.350 e. The molecule has 1 atom stereocenters. The van der Waals surface area contributed by atoms with Crippen LogP contribution in [-0.4, -0.2) is 36.9 Å². The van der Waals surface area contributed by atoms with Crippen molar-refractivity contribution in [3.8, 4) is 0 Å². The fraction of sp³-hybridized carbons (Fsp3) is 0.333. The summed E-state index contributed by atoms with van der Waals surface area (Å²) in [4.78, 5) is 18.6. The van der Waals surface area contributed by atoms with Crippen molar-refractivity contribution < 1.29 is 4.79 Å². The van der Waals surface area contributed by atoms with Crippen LogP contribution >= 0.6 is 0 Å². The zero-order chi connectivity index (χ0) is 18.8. The fourth-order valence-corrected chi connectivity index (χ4v) is 2.68. The summed E-state index contributed by atoms with van der Waals surface area (Å²) in [6.45, 7) is 5.55. The summed E-state index contributed by atoms with van der Waals surface area (Å²) in [5, 5.41) is 6.43. The maximum absolute atomic E-state index is 12.5. The molecular formula is C21H28N4O. The van der Waals surface area contributed by atoms with Crippen molar-refractivity contribution in [2.24, 2.45) is 4.99 Å². The first kappa shape index (κ1) is 19.5. The van der Waals surface area contributed by atoms with E-state index in [9.17, 15) is 4.79 Å². The predicted molar refractivity (Wildman–Crippen MR) is 107 cm³/mol. The Morgan fingerprint density at radius 3 is 2.27 bits per heavy atom. The smallest absolute Gasteiger partial charge is 0.242 e. The summed E-state index contributed by atoms with van der Waals surface area (Å²) >= 11 is 0. The maximum atomic E-state index is 12.5. The van der Waals surface area contributed by atoms with Gasteiger partial charge >= 0.3 is 0 Å². The molecule has 0 fully saturated rings. The Morgan fingerprint density at radius 1 is 1.08 bits per heavy atom. The third-order valence-corrected chi connectivity index (χ3v) is 4.23. The zero-order valence-electron chi connectivity index (χ0n) is 15.8. The highest BCUT2D eigenvalue weighted by Gasteiger charge is 2.13. The molecule has 0 aromatic heterocycles. The number of aliphatic imine (C=N–C) groups is 1. The van der Waals surface area contributed by atoms with Gasteiger partial charge in [0.15, 0.2) is 5.96 Å². The summed E-state index contributed by atoms with van der Waals surface area (Å²) < 4.78 is 0. The molecular weight excluding hydrogens is 324 g/mol. The summed E-state index contributed by atoms with van der Waals surface area (Å²) in [7, 11) is 1.71. The number of nitrogens with one attached hydrogen (secondary N) is 2. The lowest BCUT2D eigenvalue weighted by Gasteiger charge is -2.23. The summed E-state index contributed by atoms with van der Waals surface area (Å²) in [5.41, 5.74) is 2.30. The van der Waals surface area contributed by atoms with Gasteiger partial charge in [-0.1, -0.05) is 60.7 Å². The number of likely N-dealkylation sites (N-methyl/N-ethyl adjacent to an activating group) is 1. The van der Waals surface area contributed by atoms with E-state index in [1.165, 1.54) is 5.56 Å². The second kappa shape index (κ2) is 10.2. The summed E-state index contributed by atoms with van der Waals surface area (Å²) in [5.74, 6) is 0.664. The molecule has 2 aromatic rings. The van der Waals surface area contributed by atoms with E-state index in [4.69, 9.17) is 0 Å². The van der Waals surface area contributed by atoms with Crippen LogP contribution in [0.15, 0.2) is 65.7 Å². The lowest BCUT2D eigenvalue weighted by molar-refractivity contribution is -0.130. The minimum absolute atomic E-state index is 0.0478. The van der Waals surface area contributed by atoms with Crippen LogP contribution in [0.1, 0.15) is 31.0 Å². The van der Waals surface area contributed by atoms with Gasteiger partial charge in [-0.25, -0.2) is 0 Å². The molecule has 2 rings (SSSR count). The molecule has 1 unspecified atom stereocenters. The molecule has 0 bridgehead atoms. The van der Waals surface area contributed by atoms with Crippen LogP contribution in [0.5, 0.6) is 0 Å². The summed E-state index contributed by atoms with van der Waals surface area (Å²) in [6.07, 6.45) is 0. The second-order valence-corrected chi connectivity index (χ2v) is 6.10. The number of rotatable bonds is 7. The van der Waals surface area contributed by atoms with Crippen LogP contribution in [0.3, 0.4) is 0 Å². The number of hydrogen-bond acceptors (Lipinski definition) is 2. The largest absolute Gasteiger partial charge is 0.350 e. The standard InChI is InChI=1S/C21H28N4O/c1-4-25(16-18-11-7-5-8-12-18)20(26)15-23-21(22-3)24-17(2)19-13-9-6-10-14-19/h5-14,17H,4,15-16H2,1-3H3,(H2,22,23,24). The van der Waals surface area contributed by atoms with Crippen LogP contribution in [0, 0.1) is 0 Å². The molecule has 1 amide bonds. The van der Waals surface area contributed by atoms with E-state index in [0.29, 0.717) is 19.0 Å². The molecule has 5 heteroatoms. The Hall–Kier alpha value is -2.82. The van der Waals surface area contributed by atoms with Crippen molar-refractivity contribution in [1.82, 2.24) is 15.5 Å². The third kappa shape index (κ3) is 5.92. The molecule has 2 N–H and O–H groups in total. The number of amides is 1. The number of hydrogen-bond donors (Lipinski definition) is 2. The number of nitrogens with zero attached hydrogens (tertiary/aromatic N) is 2. The molecule has 26 heavy (non-hydrogen) atoms. The number of carbonyl (C=O) groups excluding carboxylic acids is 1. The zero-order valence-corrected chi connectivity index (χ0v) is 15.8. The van der Waals surface area contributed by atoms with Gasteiger partial charge in [-0.15, -0.1) is 0 Å². The molecule has 0 saturated heterocycles. The Labute approximate surface area is 156 Å². The lowest BCUT2D eigenvalue weighted by atomic mass is 10.1. The maximum Gasteiger partial charge on any atom is 0.242 e. The van der Waals surface area contributed by atoms with Gasteiger partial charge in [0.2, 0.25) is 5.91 Å². The molecule has 0 aliphatic carbocycles. The Bertz CT molecular complexity index is 700. The van der Waals surface area contributed by atoms with Gasteiger partial charge in [0.1, 0.15) is 0 Å². The quantitative estimate of drug-likeness (QED) is 0.595. The lowest BCUT2D eigenvalue weighted by Crippen LogP contribution is -2.45. The van der Waals surface area contributed by atoms with Crippen molar-refractivity contribution in [3.05, 3.63) is 71.8 Å². The molecule has 0 heterocycles. The highest BCUT2D eigenvalue weighted by Crippen LogP contribution is 2.10. The number of benzene rings is 2. The summed E-state index contributed by atoms with van der Waals surface area (Å²) in [6, 6.07) is 20.3. The minimum atomic E-state index is 0.0478. The predicted octanol–water partition coefficient (Wildman–Crippen LogP) is 2.96. The van der Waals surface area contributed by atoms with Gasteiger partial charge in [0.25, 0.3) is 0 Å². The third-order valence-electron chi connectivity index (χ3n) is 4.23. The van der Waals surface area contributed by atoms with E-state index >= 15 is 0 Å². The van der Waals surface area contributed by atoms with Crippen molar-refractivity contribution >= 4 is 11.9 Å². The van der Waals surface area contributed by atoms with E-state index < -0.39 is 0 Å². The first-order chi connectivity index (χ1) is 12.6. The number of guanidine groups is 1. The van der Waals surface area contributed by atoms with Crippen LogP contribution in [0.25, 0.3) is 0 Å². The van der Waals surface area contributed by atoms with E-state index in [0.717, 1.165) is 5.56 Å². The average molecular weight is 352 g/mol. The van der Waals surface area contributed by atoms with Crippen LogP contribution in [0.2, 0.25) is 0 Å².